The summed E-state index contributed by atoms with van der Waals surface area (Å²) >= 11 is 0. The summed E-state index contributed by atoms with van der Waals surface area (Å²) in [7, 11) is 0. The Morgan fingerprint density at radius 2 is 2.19 bits per heavy atom. The molecule has 0 radical (unpaired) electrons. The summed E-state index contributed by atoms with van der Waals surface area (Å²) in [6, 6.07) is 0.503. The second-order valence-electron chi connectivity index (χ2n) is 5.07. The molecule has 0 amide bonds. The average Bonchev–Trinajstić information content (AvgIpc) is 2.85. The molecule has 1 saturated carbocycles. The van der Waals surface area contributed by atoms with Gasteiger partial charge in [0.25, 0.3) is 0 Å². The van der Waals surface area contributed by atoms with Crippen LogP contribution in [0.2, 0.25) is 0 Å². The number of allylic oxidation sites excluding steroid dienone is 1. The first kappa shape index (κ1) is 12.0. The van der Waals surface area contributed by atoms with Gasteiger partial charge in [-0.25, -0.2) is 0 Å². The van der Waals surface area contributed by atoms with E-state index in [1.807, 2.05) is 0 Å². The van der Waals surface area contributed by atoms with Gasteiger partial charge in [0.15, 0.2) is 0 Å². The van der Waals surface area contributed by atoms with E-state index in [1.54, 1.807) is 0 Å². The van der Waals surface area contributed by atoms with E-state index in [-0.39, 0.29) is 0 Å². The van der Waals surface area contributed by atoms with Crippen LogP contribution in [-0.4, -0.2) is 19.2 Å². The van der Waals surface area contributed by atoms with E-state index < -0.39 is 0 Å². The Bertz CT molecular complexity index is 231. The van der Waals surface area contributed by atoms with Crippen molar-refractivity contribution in [3.05, 3.63) is 11.8 Å². The minimum atomic E-state index is 0.503. The number of ether oxygens (including phenoxy) is 1. The molecule has 1 N–H and O–H groups in total. The lowest BCUT2D eigenvalue weighted by Gasteiger charge is -2.29. The van der Waals surface area contributed by atoms with E-state index in [0.717, 1.165) is 19.1 Å². The summed E-state index contributed by atoms with van der Waals surface area (Å²) in [5.74, 6) is 2.06. The molecule has 2 rings (SSSR count). The maximum Gasteiger partial charge on any atom is 0.109 e. The Labute approximate surface area is 99.4 Å². The van der Waals surface area contributed by atoms with Crippen molar-refractivity contribution in [1.29, 1.82) is 0 Å². The molecule has 2 nitrogen and oxygen atoms in total. The molecule has 0 spiro atoms. The fraction of sp³-hybridized carbons (Fsp3) is 0.857. The van der Waals surface area contributed by atoms with Crippen LogP contribution in [0.5, 0.6) is 0 Å². The zero-order valence-corrected chi connectivity index (χ0v) is 10.5. The highest BCUT2D eigenvalue weighted by molar-refractivity contribution is 5.08. The Hall–Kier alpha value is -0.500. The van der Waals surface area contributed by atoms with Gasteiger partial charge in [-0.2, -0.15) is 0 Å². The Kier molecular flexibility index (Phi) is 4.70. The van der Waals surface area contributed by atoms with Crippen LogP contribution in [0.4, 0.5) is 0 Å². The summed E-state index contributed by atoms with van der Waals surface area (Å²) in [4.78, 5) is 0. The largest absolute Gasteiger partial charge is 0.497 e. The zero-order chi connectivity index (χ0) is 11.2. The molecule has 0 aromatic heterocycles. The lowest BCUT2D eigenvalue weighted by atomic mass is 9.95. The minimum Gasteiger partial charge on any atom is -0.497 e. The Morgan fingerprint density at radius 3 is 2.81 bits per heavy atom. The summed E-state index contributed by atoms with van der Waals surface area (Å²) in [5.41, 5.74) is 0. The normalized spacial score (nSPS) is 23.9. The molecule has 1 fully saturated rings. The molecule has 1 aliphatic heterocycles. The molecule has 0 bridgehead atoms. The van der Waals surface area contributed by atoms with Crippen LogP contribution in [0, 0.1) is 5.92 Å². The molecule has 1 aliphatic carbocycles. The van der Waals surface area contributed by atoms with Crippen molar-refractivity contribution in [2.45, 2.75) is 57.9 Å². The third-order valence-corrected chi connectivity index (χ3v) is 3.75. The fourth-order valence-corrected chi connectivity index (χ4v) is 2.88. The van der Waals surface area contributed by atoms with E-state index in [1.165, 1.54) is 50.7 Å². The first-order valence-electron chi connectivity index (χ1n) is 6.98. The van der Waals surface area contributed by atoms with Gasteiger partial charge < -0.3 is 10.1 Å². The number of rotatable bonds is 5. The van der Waals surface area contributed by atoms with E-state index in [4.69, 9.17) is 4.74 Å². The lowest BCUT2D eigenvalue weighted by Crippen LogP contribution is -2.38. The highest BCUT2D eigenvalue weighted by Crippen LogP contribution is 2.32. The molecule has 0 aromatic rings. The smallest absolute Gasteiger partial charge is 0.109 e. The number of hydrogen-bond acceptors (Lipinski definition) is 2. The summed E-state index contributed by atoms with van der Waals surface area (Å²) in [6.07, 6.45) is 11.5. The van der Waals surface area contributed by atoms with Gasteiger partial charge in [-0.3, -0.25) is 0 Å². The SMILES string of the molecule is CCCNC(C1=CCCCO1)C1CCCC1. The summed E-state index contributed by atoms with van der Waals surface area (Å²) in [5, 5.41) is 3.69. The molecule has 0 saturated heterocycles. The van der Waals surface area contributed by atoms with Crippen LogP contribution >= 0.6 is 0 Å². The summed E-state index contributed by atoms with van der Waals surface area (Å²) < 4.78 is 5.85. The summed E-state index contributed by atoms with van der Waals surface area (Å²) in [6.45, 7) is 4.26. The van der Waals surface area contributed by atoms with Crippen molar-refractivity contribution in [2.75, 3.05) is 13.2 Å². The van der Waals surface area contributed by atoms with Crippen molar-refractivity contribution in [3.63, 3.8) is 0 Å². The predicted octanol–water partition coefficient (Wildman–Crippen LogP) is 3.24. The first-order chi connectivity index (χ1) is 7.92. The molecule has 1 atom stereocenters. The molecule has 92 valence electrons. The van der Waals surface area contributed by atoms with Gasteiger partial charge in [-0.05, 0) is 50.6 Å². The third kappa shape index (κ3) is 3.00. The molecular weight excluding hydrogens is 198 g/mol. The van der Waals surface area contributed by atoms with Crippen LogP contribution in [0.1, 0.15) is 51.9 Å². The predicted molar refractivity (Wildman–Crippen MR) is 67.3 cm³/mol. The van der Waals surface area contributed by atoms with Crippen molar-refractivity contribution in [2.24, 2.45) is 5.92 Å². The molecule has 16 heavy (non-hydrogen) atoms. The topological polar surface area (TPSA) is 21.3 Å². The zero-order valence-electron chi connectivity index (χ0n) is 10.5. The quantitative estimate of drug-likeness (QED) is 0.772. The van der Waals surface area contributed by atoms with Crippen LogP contribution in [0.3, 0.4) is 0 Å². The van der Waals surface area contributed by atoms with Crippen molar-refractivity contribution < 1.29 is 4.74 Å². The second kappa shape index (κ2) is 6.29. The third-order valence-electron chi connectivity index (χ3n) is 3.75. The number of hydrogen-bond donors (Lipinski definition) is 1. The molecule has 0 aromatic carbocycles. The van der Waals surface area contributed by atoms with E-state index in [0.29, 0.717) is 6.04 Å². The molecule has 2 heteroatoms. The standard InChI is InChI=1S/C14H25NO/c1-2-10-15-14(12-7-3-4-8-12)13-9-5-6-11-16-13/h9,12,14-15H,2-8,10-11H2,1H3. The van der Waals surface area contributed by atoms with Crippen molar-refractivity contribution in [3.8, 4) is 0 Å². The molecule has 2 aliphatic rings. The monoisotopic (exact) mass is 223 g/mol. The van der Waals surface area contributed by atoms with Gasteiger partial charge in [0.2, 0.25) is 0 Å². The maximum atomic E-state index is 5.85. The Morgan fingerprint density at radius 1 is 1.38 bits per heavy atom. The highest BCUT2D eigenvalue weighted by Gasteiger charge is 2.28. The van der Waals surface area contributed by atoms with Gasteiger partial charge in [-0.1, -0.05) is 19.8 Å². The minimum absolute atomic E-state index is 0.503. The Balaban J connectivity index is 1.97. The van der Waals surface area contributed by atoms with Gasteiger partial charge in [0, 0.05) is 0 Å². The average molecular weight is 223 g/mol. The fourth-order valence-electron chi connectivity index (χ4n) is 2.88. The first-order valence-corrected chi connectivity index (χ1v) is 6.98. The molecular formula is C14H25NO. The lowest BCUT2D eigenvalue weighted by molar-refractivity contribution is 0.150. The van der Waals surface area contributed by atoms with Gasteiger partial charge in [0.05, 0.1) is 12.6 Å². The van der Waals surface area contributed by atoms with E-state index in [2.05, 4.69) is 18.3 Å². The van der Waals surface area contributed by atoms with Crippen LogP contribution in [-0.2, 0) is 4.74 Å². The highest BCUT2D eigenvalue weighted by atomic mass is 16.5. The molecule has 1 unspecified atom stereocenters. The maximum absolute atomic E-state index is 5.85. The molecule has 1 heterocycles. The van der Waals surface area contributed by atoms with Gasteiger partial charge >= 0.3 is 0 Å². The number of nitrogens with one attached hydrogen (secondary N) is 1. The van der Waals surface area contributed by atoms with Crippen molar-refractivity contribution in [1.82, 2.24) is 5.32 Å². The van der Waals surface area contributed by atoms with E-state index in [9.17, 15) is 0 Å². The van der Waals surface area contributed by atoms with Crippen LogP contribution < -0.4 is 5.32 Å². The van der Waals surface area contributed by atoms with E-state index >= 15 is 0 Å². The van der Waals surface area contributed by atoms with Crippen molar-refractivity contribution >= 4 is 0 Å². The second-order valence-corrected chi connectivity index (χ2v) is 5.07. The van der Waals surface area contributed by atoms with Gasteiger partial charge in [-0.15, -0.1) is 0 Å². The van der Waals surface area contributed by atoms with Gasteiger partial charge in [0.1, 0.15) is 5.76 Å². The van der Waals surface area contributed by atoms with Crippen LogP contribution in [0.15, 0.2) is 11.8 Å². The van der Waals surface area contributed by atoms with Crippen LogP contribution in [0.25, 0.3) is 0 Å².